The van der Waals surface area contributed by atoms with Crippen LogP contribution in [0.15, 0.2) is 30.3 Å². The van der Waals surface area contributed by atoms with Crippen LogP contribution in [0.25, 0.3) is 0 Å². The van der Waals surface area contributed by atoms with Gasteiger partial charge in [0, 0.05) is 30.2 Å². The number of carbonyl (C=O) groups is 2. The number of rotatable bonds is 7. The topological polar surface area (TPSA) is 75.3 Å². The number of nitriles is 1. The fourth-order valence-electron chi connectivity index (χ4n) is 2.96. The minimum Gasteiger partial charge on any atom is -0.452 e. The van der Waals surface area contributed by atoms with E-state index in [1.54, 1.807) is 6.07 Å². The van der Waals surface area contributed by atoms with Crippen molar-refractivity contribution in [2.45, 2.75) is 33.7 Å². The molecule has 2 rings (SSSR count). The van der Waals surface area contributed by atoms with Crippen molar-refractivity contribution in [1.82, 2.24) is 4.57 Å². The quantitative estimate of drug-likeness (QED) is 0.700. The predicted molar refractivity (Wildman–Crippen MR) is 98.8 cm³/mol. The Labute approximate surface area is 157 Å². The summed E-state index contributed by atoms with van der Waals surface area (Å²) in [4.78, 5) is 26.2. The van der Waals surface area contributed by atoms with Gasteiger partial charge in [-0.25, -0.2) is 9.18 Å². The van der Waals surface area contributed by atoms with Crippen LogP contribution in [0.3, 0.4) is 0 Å². The van der Waals surface area contributed by atoms with Crippen molar-refractivity contribution >= 4 is 17.6 Å². The van der Waals surface area contributed by atoms with Crippen LogP contribution >= 0.6 is 0 Å². The highest BCUT2D eigenvalue weighted by Crippen LogP contribution is 2.18. The van der Waals surface area contributed by atoms with Crippen molar-refractivity contribution in [1.29, 1.82) is 5.26 Å². The van der Waals surface area contributed by atoms with Gasteiger partial charge in [0.15, 0.2) is 6.61 Å². The molecule has 0 saturated carbocycles. The SMILES string of the molecule is CCn1c(C)cc(C(=O)OCC(=O)N(CCC#N)c2ccc(F)cc2)c1C. The smallest absolute Gasteiger partial charge is 0.340 e. The average molecular weight is 371 g/mol. The maximum atomic E-state index is 13.1. The fraction of sp³-hybridized carbons (Fsp3) is 0.350. The molecule has 0 spiro atoms. The number of carbonyl (C=O) groups excluding carboxylic acids is 2. The van der Waals surface area contributed by atoms with Gasteiger partial charge in [-0.05, 0) is 51.1 Å². The molecular weight excluding hydrogens is 349 g/mol. The summed E-state index contributed by atoms with van der Waals surface area (Å²) in [6.45, 7) is 6.11. The molecule has 0 aliphatic rings. The lowest BCUT2D eigenvalue weighted by Gasteiger charge is -2.21. The van der Waals surface area contributed by atoms with Gasteiger partial charge < -0.3 is 14.2 Å². The Morgan fingerprint density at radius 3 is 2.48 bits per heavy atom. The van der Waals surface area contributed by atoms with Crippen LogP contribution in [0.2, 0.25) is 0 Å². The normalized spacial score (nSPS) is 10.3. The molecule has 1 aromatic carbocycles. The molecule has 27 heavy (non-hydrogen) atoms. The third kappa shape index (κ3) is 4.73. The van der Waals surface area contributed by atoms with Gasteiger partial charge in [0.1, 0.15) is 5.82 Å². The molecule has 0 N–H and O–H groups in total. The summed E-state index contributed by atoms with van der Waals surface area (Å²) >= 11 is 0. The molecule has 2 aromatic rings. The molecule has 0 aliphatic carbocycles. The third-order valence-corrected chi connectivity index (χ3v) is 4.32. The van der Waals surface area contributed by atoms with Gasteiger partial charge in [0.25, 0.3) is 5.91 Å². The first-order valence-electron chi connectivity index (χ1n) is 8.65. The summed E-state index contributed by atoms with van der Waals surface area (Å²) in [7, 11) is 0. The number of nitrogens with zero attached hydrogens (tertiary/aromatic N) is 3. The van der Waals surface area contributed by atoms with Crippen LogP contribution < -0.4 is 4.90 Å². The standard InChI is InChI=1S/C20H22FN3O3/c1-4-23-14(2)12-18(15(23)3)20(26)27-13-19(25)24(11-5-10-22)17-8-6-16(21)7-9-17/h6-9,12H,4-5,11,13H2,1-3H3. The van der Waals surface area contributed by atoms with Crippen LogP contribution in [-0.2, 0) is 16.1 Å². The highest BCUT2D eigenvalue weighted by molar-refractivity contribution is 5.97. The predicted octanol–water partition coefficient (Wildman–Crippen LogP) is 3.37. The molecule has 0 saturated heterocycles. The minimum absolute atomic E-state index is 0.106. The molecule has 7 heteroatoms. The monoisotopic (exact) mass is 371 g/mol. The zero-order valence-electron chi connectivity index (χ0n) is 15.7. The first kappa shape index (κ1) is 20.2. The molecule has 142 valence electrons. The van der Waals surface area contributed by atoms with Crippen molar-refractivity contribution < 1.29 is 18.7 Å². The Morgan fingerprint density at radius 2 is 1.93 bits per heavy atom. The summed E-state index contributed by atoms with van der Waals surface area (Å²) in [5.74, 6) is -1.48. The number of aromatic nitrogens is 1. The van der Waals surface area contributed by atoms with Crippen molar-refractivity contribution in [3.63, 3.8) is 0 Å². The van der Waals surface area contributed by atoms with Gasteiger partial charge in [-0.15, -0.1) is 0 Å². The average Bonchev–Trinajstić information content (AvgIpc) is 2.95. The van der Waals surface area contributed by atoms with Crippen molar-refractivity contribution in [3.05, 3.63) is 53.1 Å². The van der Waals surface area contributed by atoms with Crippen molar-refractivity contribution in [3.8, 4) is 6.07 Å². The lowest BCUT2D eigenvalue weighted by atomic mass is 10.2. The van der Waals surface area contributed by atoms with Crippen LogP contribution in [0.1, 0.15) is 35.1 Å². The second-order valence-electron chi connectivity index (χ2n) is 6.04. The van der Waals surface area contributed by atoms with Crippen LogP contribution in [0, 0.1) is 31.0 Å². The maximum Gasteiger partial charge on any atom is 0.340 e. The third-order valence-electron chi connectivity index (χ3n) is 4.32. The Balaban J connectivity index is 2.10. The van der Waals surface area contributed by atoms with E-state index in [2.05, 4.69) is 0 Å². The van der Waals surface area contributed by atoms with Gasteiger partial charge in [-0.2, -0.15) is 5.26 Å². The maximum absolute atomic E-state index is 13.1. The number of hydrogen-bond acceptors (Lipinski definition) is 4. The second kappa shape index (κ2) is 8.99. The highest BCUT2D eigenvalue weighted by Gasteiger charge is 2.21. The first-order chi connectivity index (χ1) is 12.9. The second-order valence-corrected chi connectivity index (χ2v) is 6.04. The Morgan fingerprint density at radius 1 is 1.26 bits per heavy atom. The lowest BCUT2D eigenvalue weighted by Crippen LogP contribution is -2.35. The molecule has 0 bridgehead atoms. The lowest BCUT2D eigenvalue weighted by molar-refractivity contribution is -0.121. The molecule has 0 aliphatic heterocycles. The van der Waals surface area contributed by atoms with Gasteiger partial charge >= 0.3 is 5.97 Å². The highest BCUT2D eigenvalue weighted by atomic mass is 19.1. The Bertz CT molecular complexity index is 866. The first-order valence-corrected chi connectivity index (χ1v) is 8.65. The van der Waals surface area contributed by atoms with Gasteiger partial charge in [0.2, 0.25) is 0 Å². The Kier molecular flexibility index (Phi) is 6.72. The van der Waals surface area contributed by atoms with Gasteiger partial charge in [-0.1, -0.05) is 0 Å². The Hall–Kier alpha value is -3.14. The van der Waals surface area contributed by atoms with E-state index in [0.717, 1.165) is 17.9 Å². The number of hydrogen-bond donors (Lipinski definition) is 0. The molecular formula is C20H22FN3O3. The summed E-state index contributed by atoms with van der Waals surface area (Å²) in [6, 6.07) is 9.06. The number of amides is 1. The number of aryl methyl sites for hydroxylation is 1. The van der Waals surface area contributed by atoms with Crippen molar-refractivity contribution in [2.24, 2.45) is 0 Å². The van der Waals surface area contributed by atoms with E-state index in [0.29, 0.717) is 11.3 Å². The number of benzene rings is 1. The molecule has 1 aromatic heterocycles. The summed E-state index contributed by atoms with van der Waals surface area (Å²) in [5.41, 5.74) is 2.59. The summed E-state index contributed by atoms with van der Waals surface area (Å²) in [6.07, 6.45) is 0.106. The molecule has 0 fully saturated rings. The van der Waals surface area contributed by atoms with Gasteiger partial charge in [-0.3, -0.25) is 4.79 Å². The summed E-state index contributed by atoms with van der Waals surface area (Å²) < 4.78 is 20.3. The van der Waals surface area contributed by atoms with Crippen LogP contribution in [0.4, 0.5) is 10.1 Å². The van der Waals surface area contributed by atoms with Crippen LogP contribution in [0.5, 0.6) is 0 Å². The fourth-order valence-corrected chi connectivity index (χ4v) is 2.96. The van der Waals surface area contributed by atoms with E-state index in [1.165, 1.54) is 29.2 Å². The molecule has 0 atom stereocenters. The molecule has 1 heterocycles. The minimum atomic E-state index is -0.574. The number of esters is 1. The van der Waals surface area contributed by atoms with E-state index >= 15 is 0 Å². The zero-order chi connectivity index (χ0) is 20.0. The van der Waals surface area contributed by atoms with E-state index < -0.39 is 24.3 Å². The van der Waals surface area contributed by atoms with Gasteiger partial charge in [0.05, 0.1) is 18.1 Å². The van der Waals surface area contributed by atoms with E-state index in [-0.39, 0.29) is 13.0 Å². The molecule has 0 unspecified atom stereocenters. The molecule has 1 amide bonds. The molecule has 0 radical (unpaired) electrons. The van der Waals surface area contributed by atoms with Crippen LogP contribution in [-0.4, -0.2) is 29.6 Å². The largest absolute Gasteiger partial charge is 0.452 e. The zero-order valence-corrected chi connectivity index (χ0v) is 15.7. The summed E-state index contributed by atoms with van der Waals surface area (Å²) in [5, 5.41) is 8.80. The van der Waals surface area contributed by atoms with E-state index in [1.807, 2.05) is 31.4 Å². The van der Waals surface area contributed by atoms with E-state index in [4.69, 9.17) is 10.00 Å². The number of ether oxygens (including phenoxy) is 1. The number of halogens is 1. The molecule has 6 nitrogen and oxygen atoms in total. The van der Waals surface area contributed by atoms with E-state index in [9.17, 15) is 14.0 Å². The number of anilines is 1. The van der Waals surface area contributed by atoms with Crippen molar-refractivity contribution in [2.75, 3.05) is 18.1 Å².